The van der Waals surface area contributed by atoms with E-state index < -0.39 is 24.2 Å². The molecule has 2 aromatic carbocycles. The second-order valence-corrected chi connectivity index (χ2v) is 7.28. The van der Waals surface area contributed by atoms with Gasteiger partial charge in [-0.25, -0.2) is 4.68 Å². The number of halogens is 3. The van der Waals surface area contributed by atoms with Crippen LogP contribution in [0.1, 0.15) is 34.4 Å². The van der Waals surface area contributed by atoms with Crippen molar-refractivity contribution in [3.05, 3.63) is 65.9 Å². The van der Waals surface area contributed by atoms with Crippen molar-refractivity contribution in [1.29, 1.82) is 0 Å². The molecule has 1 aliphatic rings. The third-order valence-corrected chi connectivity index (χ3v) is 5.33. The predicted molar refractivity (Wildman–Crippen MR) is 112 cm³/mol. The predicted octanol–water partition coefficient (Wildman–Crippen LogP) is 4.81. The lowest BCUT2D eigenvalue weighted by Gasteiger charge is -2.34. The van der Waals surface area contributed by atoms with E-state index in [4.69, 9.17) is 9.47 Å². The van der Waals surface area contributed by atoms with E-state index in [0.717, 1.165) is 10.9 Å². The molecule has 0 radical (unpaired) electrons. The van der Waals surface area contributed by atoms with Gasteiger partial charge in [0.2, 0.25) is 0 Å². The summed E-state index contributed by atoms with van der Waals surface area (Å²) in [7, 11) is 2.95. The number of carbonyl (C=O) groups is 1. The van der Waals surface area contributed by atoms with Crippen LogP contribution in [0.15, 0.2) is 54.7 Å². The van der Waals surface area contributed by atoms with Crippen molar-refractivity contribution < 1.29 is 27.4 Å². The van der Waals surface area contributed by atoms with Crippen molar-refractivity contribution in [2.45, 2.75) is 24.7 Å². The monoisotopic (exact) mass is 446 g/mol. The first-order valence-electron chi connectivity index (χ1n) is 9.81. The molecule has 2 atom stereocenters. The molecule has 32 heavy (non-hydrogen) atoms. The number of aromatic nitrogens is 2. The van der Waals surface area contributed by atoms with Crippen LogP contribution in [0.4, 0.5) is 24.7 Å². The molecule has 3 aromatic rings. The average molecular weight is 446 g/mol. The molecule has 0 unspecified atom stereocenters. The number of carbonyl (C=O) groups excluding carboxylic acids is 1. The highest BCUT2D eigenvalue weighted by Gasteiger charge is 2.47. The fourth-order valence-electron chi connectivity index (χ4n) is 3.75. The molecule has 4 rings (SSSR count). The number of fused-ring (bicyclic) bond motifs is 1. The third kappa shape index (κ3) is 4.08. The molecule has 2 heterocycles. The summed E-state index contributed by atoms with van der Waals surface area (Å²) in [5.41, 5.74) is 1.10. The first-order valence-corrected chi connectivity index (χ1v) is 9.81. The Balaban J connectivity index is 1.66. The van der Waals surface area contributed by atoms with Gasteiger partial charge >= 0.3 is 6.18 Å². The molecule has 7 nitrogen and oxygen atoms in total. The minimum atomic E-state index is -4.52. The van der Waals surface area contributed by atoms with E-state index in [9.17, 15) is 18.0 Å². The summed E-state index contributed by atoms with van der Waals surface area (Å²) >= 11 is 0. The maximum Gasteiger partial charge on any atom is 0.410 e. The Morgan fingerprint density at radius 2 is 1.84 bits per heavy atom. The Labute approximate surface area is 182 Å². The quantitative estimate of drug-likeness (QED) is 0.588. The van der Waals surface area contributed by atoms with E-state index >= 15 is 0 Å². The van der Waals surface area contributed by atoms with Gasteiger partial charge in [0.1, 0.15) is 11.4 Å². The van der Waals surface area contributed by atoms with Crippen molar-refractivity contribution >= 4 is 17.4 Å². The molecule has 0 saturated carbocycles. The lowest BCUT2D eigenvalue weighted by Crippen LogP contribution is -2.36. The number of amides is 1. The van der Waals surface area contributed by atoms with E-state index in [1.54, 1.807) is 48.5 Å². The maximum absolute atomic E-state index is 13.8. The van der Waals surface area contributed by atoms with Gasteiger partial charge in [0, 0.05) is 18.2 Å². The lowest BCUT2D eigenvalue weighted by atomic mass is 9.96. The van der Waals surface area contributed by atoms with Gasteiger partial charge < -0.3 is 20.1 Å². The van der Waals surface area contributed by atoms with Gasteiger partial charge in [0.05, 0.1) is 26.5 Å². The zero-order valence-electron chi connectivity index (χ0n) is 17.3. The second-order valence-electron chi connectivity index (χ2n) is 7.28. The van der Waals surface area contributed by atoms with Crippen LogP contribution in [0.25, 0.3) is 0 Å². The van der Waals surface area contributed by atoms with Crippen molar-refractivity contribution in [2.75, 3.05) is 24.9 Å². The van der Waals surface area contributed by atoms with E-state index in [0.29, 0.717) is 22.7 Å². The Morgan fingerprint density at radius 1 is 1.12 bits per heavy atom. The third-order valence-electron chi connectivity index (χ3n) is 5.33. The van der Waals surface area contributed by atoms with Crippen LogP contribution < -0.4 is 20.1 Å². The van der Waals surface area contributed by atoms with Crippen LogP contribution in [0, 0.1) is 0 Å². The SMILES string of the molecule is COc1ccc(NC(=O)c2cnn3c2N[C@H](c2ccccc2)C[C@@H]3C(F)(F)F)cc1OC. The Kier molecular flexibility index (Phi) is 5.68. The summed E-state index contributed by atoms with van der Waals surface area (Å²) in [4.78, 5) is 12.9. The lowest BCUT2D eigenvalue weighted by molar-refractivity contribution is -0.173. The minimum absolute atomic E-state index is 0.00895. The molecule has 0 spiro atoms. The van der Waals surface area contributed by atoms with E-state index in [1.807, 2.05) is 0 Å². The molecule has 0 bridgehead atoms. The number of hydrogen-bond donors (Lipinski definition) is 2. The number of ether oxygens (including phenoxy) is 2. The summed E-state index contributed by atoms with van der Waals surface area (Å²) in [6.45, 7) is 0. The van der Waals surface area contributed by atoms with Crippen LogP contribution in [-0.4, -0.2) is 36.1 Å². The van der Waals surface area contributed by atoms with Crippen molar-refractivity contribution in [2.24, 2.45) is 0 Å². The number of nitrogens with zero attached hydrogens (tertiary/aromatic N) is 2. The summed E-state index contributed by atoms with van der Waals surface area (Å²) in [6, 6.07) is 11.1. The highest BCUT2D eigenvalue weighted by Crippen LogP contribution is 2.44. The first kappa shape index (κ1) is 21.5. The van der Waals surface area contributed by atoms with E-state index in [2.05, 4.69) is 15.7 Å². The Hall–Kier alpha value is -3.69. The number of rotatable bonds is 5. The van der Waals surface area contributed by atoms with Gasteiger partial charge in [0.15, 0.2) is 17.5 Å². The topological polar surface area (TPSA) is 77.4 Å². The largest absolute Gasteiger partial charge is 0.493 e. The fourth-order valence-corrected chi connectivity index (χ4v) is 3.75. The summed E-state index contributed by atoms with van der Waals surface area (Å²) in [5.74, 6) is 0.307. The van der Waals surface area contributed by atoms with Crippen LogP contribution in [0.3, 0.4) is 0 Å². The van der Waals surface area contributed by atoms with Gasteiger partial charge in [-0.15, -0.1) is 0 Å². The van der Waals surface area contributed by atoms with Gasteiger partial charge in [0.25, 0.3) is 5.91 Å². The standard InChI is InChI=1S/C22H21F3N4O3/c1-31-17-9-8-14(10-18(17)32-2)27-21(30)15-12-26-29-19(22(23,24)25)11-16(28-20(15)29)13-6-4-3-5-7-13/h3-10,12,16,19,28H,11H2,1-2H3,(H,27,30)/t16-,19+/m0/s1. The molecule has 0 aliphatic carbocycles. The van der Waals surface area contributed by atoms with Crippen molar-refractivity contribution in [3.8, 4) is 11.5 Å². The Morgan fingerprint density at radius 3 is 2.50 bits per heavy atom. The zero-order chi connectivity index (χ0) is 22.9. The van der Waals surface area contributed by atoms with Crippen LogP contribution >= 0.6 is 0 Å². The highest BCUT2D eigenvalue weighted by atomic mass is 19.4. The van der Waals surface area contributed by atoms with Crippen LogP contribution in [0.5, 0.6) is 11.5 Å². The van der Waals surface area contributed by atoms with Gasteiger partial charge in [-0.1, -0.05) is 30.3 Å². The Bertz CT molecular complexity index is 1120. The number of hydrogen-bond acceptors (Lipinski definition) is 5. The first-order chi connectivity index (χ1) is 15.3. The molecular weight excluding hydrogens is 425 g/mol. The minimum Gasteiger partial charge on any atom is -0.493 e. The van der Waals surface area contributed by atoms with Crippen LogP contribution in [0.2, 0.25) is 0 Å². The summed E-state index contributed by atoms with van der Waals surface area (Å²) in [6.07, 6.45) is -3.61. The van der Waals surface area contributed by atoms with E-state index in [1.165, 1.54) is 14.2 Å². The second kappa shape index (κ2) is 8.45. The smallest absolute Gasteiger partial charge is 0.410 e. The zero-order valence-corrected chi connectivity index (χ0v) is 17.3. The summed E-state index contributed by atoms with van der Waals surface area (Å²) < 4.78 is 52.7. The van der Waals surface area contributed by atoms with Crippen molar-refractivity contribution in [1.82, 2.24) is 9.78 Å². The number of nitrogens with one attached hydrogen (secondary N) is 2. The molecule has 0 saturated heterocycles. The molecular formula is C22H21F3N4O3. The fraction of sp³-hybridized carbons (Fsp3) is 0.273. The number of methoxy groups -OCH3 is 2. The molecule has 1 amide bonds. The van der Waals surface area contributed by atoms with Gasteiger partial charge in [-0.2, -0.15) is 18.3 Å². The number of alkyl halides is 3. The molecule has 1 aliphatic heterocycles. The maximum atomic E-state index is 13.8. The molecule has 1 aromatic heterocycles. The van der Waals surface area contributed by atoms with Gasteiger partial charge in [-0.3, -0.25) is 4.79 Å². The normalized spacial score (nSPS) is 17.8. The number of anilines is 2. The molecule has 10 heteroatoms. The average Bonchev–Trinajstić information content (AvgIpc) is 3.22. The number of benzene rings is 2. The van der Waals surface area contributed by atoms with Crippen LogP contribution in [-0.2, 0) is 0 Å². The van der Waals surface area contributed by atoms with Crippen molar-refractivity contribution in [3.63, 3.8) is 0 Å². The molecule has 168 valence electrons. The molecule has 2 N–H and O–H groups in total. The van der Waals surface area contributed by atoms with Gasteiger partial charge in [-0.05, 0) is 17.7 Å². The molecule has 0 fully saturated rings. The summed E-state index contributed by atoms with van der Waals surface area (Å²) in [5, 5.41) is 9.63. The van der Waals surface area contributed by atoms with E-state index in [-0.39, 0.29) is 17.8 Å². The highest BCUT2D eigenvalue weighted by molar-refractivity contribution is 6.07.